The van der Waals surface area contributed by atoms with E-state index in [0.717, 1.165) is 32.5 Å². The number of rotatable bonds is 2. The smallest absolute Gasteiger partial charge is 0.306 e. The molecule has 0 bridgehead atoms. The van der Waals surface area contributed by atoms with Crippen LogP contribution in [0.15, 0.2) is 0 Å². The van der Waals surface area contributed by atoms with Gasteiger partial charge in [0.15, 0.2) is 0 Å². The Kier molecular flexibility index (Phi) is 3.53. The maximum absolute atomic E-state index is 10.7. The van der Waals surface area contributed by atoms with E-state index in [1.807, 2.05) is 0 Å². The van der Waals surface area contributed by atoms with E-state index in [1.54, 1.807) is 6.92 Å². The summed E-state index contributed by atoms with van der Waals surface area (Å²) in [4.78, 5) is 10.7. The van der Waals surface area contributed by atoms with Crippen LogP contribution in [0.4, 0.5) is 0 Å². The zero-order chi connectivity index (χ0) is 8.97. The summed E-state index contributed by atoms with van der Waals surface area (Å²) in [6.45, 7) is 3.31. The molecule has 12 heavy (non-hydrogen) atoms. The maximum atomic E-state index is 10.7. The molecule has 1 unspecified atom stereocenters. The van der Waals surface area contributed by atoms with Gasteiger partial charge < -0.3 is 9.84 Å². The summed E-state index contributed by atoms with van der Waals surface area (Å²) in [5.74, 6) is -0.585. The van der Waals surface area contributed by atoms with Gasteiger partial charge in [-0.05, 0) is 25.2 Å². The number of carbonyl (C=O) groups is 1. The fraction of sp³-hybridized carbons (Fsp3) is 0.889. The molecule has 1 aliphatic heterocycles. The fourth-order valence-electron chi connectivity index (χ4n) is 1.63. The van der Waals surface area contributed by atoms with Crippen LogP contribution in [0.5, 0.6) is 0 Å². The molecule has 3 heteroatoms. The molecule has 1 rings (SSSR count). The molecule has 1 N–H and O–H groups in total. The topological polar surface area (TPSA) is 46.5 Å². The largest absolute Gasteiger partial charge is 0.481 e. The van der Waals surface area contributed by atoms with E-state index in [9.17, 15) is 4.79 Å². The number of aliphatic carboxylic acids is 1. The van der Waals surface area contributed by atoms with Crippen LogP contribution >= 0.6 is 0 Å². The first-order valence-electron chi connectivity index (χ1n) is 4.52. The van der Waals surface area contributed by atoms with E-state index in [1.165, 1.54) is 0 Å². The van der Waals surface area contributed by atoms with Crippen molar-refractivity contribution in [2.45, 2.75) is 26.2 Å². The second-order valence-corrected chi connectivity index (χ2v) is 3.43. The number of hydrogen-bond acceptors (Lipinski definition) is 2. The van der Waals surface area contributed by atoms with Gasteiger partial charge >= 0.3 is 5.97 Å². The van der Waals surface area contributed by atoms with Gasteiger partial charge in [0.1, 0.15) is 0 Å². The highest BCUT2D eigenvalue weighted by Gasteiger charge is 2.24. The van der Waals surface area contributed by atoms with E-state index in [0.29, 0.717) is 5.92 Å². The summed E-state index contributed by atoms with van der Waals surface area (Å²) >= 11 is 0. The van der Waals surface area contributed by atoms with E-state index >= 15 is 0 Å². The van der Waals surface area contributed by atoms with Crippen molar-refractivity contribution < 1.29 is 14.6 Å². The van der Waals surface area contributed by atoms with E-state index in [2.05, 4.69) is 0 Å². The molecule has 2 atom stereocenters. The molecular formula is C9H16O3. The molecule has 3 nitrogen and oxygen atoms in total. The maximum Gasteiger partial charge on any atom is 0.306 e. The molecule has 0 aliphatic carbocycles. The SMILES string of the molecule is C[C@H](C(=O)O)C1CCCOCC1. The molecule has 0 aromatic rings. The lowest BCUT2D eigenvalue weighted by atomic mass is 9.88. The number of carboxylic acids is 1. The van der Waals surface area contributed by atoms with Gasteiger partial charge in [-0.25, -0.2) is 0 Å². The number of carboxylic acid groups (broad SMARTS) is 1. The van der Waals surface area contributed by atoms with Crippen molar-refractivity contribution >= 4 is 5.97 Å². The minimum Gasteiger partial charge on any atom is -0.481 e. The van der Waals surface area contributed by atoms with Crippen LogP contribution in [0, 0.1) is 11.8 Å². The predicted molar refractivity (Wildman–Crippen MR) is 45.0 cm³/mol. The Morgan fingerprint density at radius 1 is 1.50 bits per heavy atom. The molecule has 0 aromatic carbocycles. The van der Waals surface area contributed by atoms with Crippen LogP contribution in [0.2, 0.25) is 0 Å². The molecule has 70 valence electrons. The molecule has 0 saturated carbocycles. The highest BCUT2D eigenvalue weighted by molar-refractivity contribution is 5.69. The minimum absolute atomic E-state index is 0.216. The molecule has 1 fully saturated rings. The molecule has 0 spiro atoms. The molecule has 1 aliphatic rings. The van der Waals surface area contributed by atoms with Gasteiger partial charge in [-0.15, -0.1) is 0 Å². The van der Waals surface area contributed by atoms with Crippen molar-refractivity contribution in [3.8, 4) is 0 Å². The third-order valence-electron chi connectivity index (χ3n) is 2.59. The summed E-state index contributed by atoms with van der Waals surface area (Å²) in [7, 11) is 0. The Morgan fingerprint density at radius 3 is 2.92 bits per heavy atom. The van der Waals surface area contributed by atoms with Gasteiger partial charge in [-0.2, -0.15) is 0 Å². The average Bonchev–Trinajstić information content (AvgIpc) is 2.30. The van der Waals surface area contributed by atoms with Gasteiger partial charge in [0, 0.05) is 13.2 Å². The second kappa shape index (κ2) is 4.45. The summed E-state index contributed by atoms with van der Waals surface area (Å²) in [6.07, 6.45) is 2.89. The number of ether oxygens (including phenoxy) is 1. The highest BCUT2D eigenvalue weighted by atomic mass is 16.5. The summed E-state index contributed by atoms with van der Waals surface area (Å²) in [5, 5.41) is 8.79. The Morgan fingerprint density at radius 2 is 2.25 bits per heavy atom. The van der Waals surface area contributed by atoms with Crippen molar-refractivity contribution in [3.05, 3.63) is 0 Å². The zero-order valence-electron chi connectivity index (χ0n) is 7.45. The van der Waals surface area contributed by atoms with Gasteiger partial charge in [0.25, 0.3) is 0 Å². The van der Waals surface area contributed by atoms with Gasteiger partial charge in [-0.3, -0.25) is 4.79 Å². The lowest BCUT2D eigenvalue weighted by Gasteiger charge is -2.17. The van der Waals surface area contributed by atoms with Crippen molar-refractivity contribution in [2.75, 3.05) is 13.2 Å². The first-order valence-corrected chi connectivity index (χ1v) is 4.52. The minimum atomic E-state index is -0.679. The van der Waals surface area contributed by atoms with E-state index in [4.69, 9.17) is 9.84 Å². The van der Waals surface area contributed by atoms with Crippen LogP contribution in [0.1, 0.15) is 26.2 Å². The first-order chi connectivity index (χ1) is 5.72. The van der Waals surface area contributed by atoms with Crippen molar-refractivity contribution in [1.29, 1.82) is 0 Å². The van der Waals surface area contributed by atoms with E-state index in [-0.39, 0.29) is 5.92 Å². The summed E-state index contributed by atoms with van der Waals surface area (Å²) in [6, 6.07) is 0. The van der Waals surface area contributed by atoms with Crippen molar-refractivity contribution in [3.63, 3.8) is 0 Å². The summed E-state index contributed by atoms with van der Waals surface area (Å²) in [5.41, 5.74) is 0. The average molecular weight is 172 g/mol. The molecule has 0 amide bonds. The van der Waals surface area contributed by atoms with Crippen molar-refractivity contribution in [2.24, 2.45) is 11.8 Å². The third kappa shape index (κ3) is 2.48. The molecule has 1 saturated heterocycles. The predicted octanol–water partition coefficient (Wildman–Crippen LogP) is 1.52. The molecule has 0 aromatic heterocycles. The molecule has 1 heterocycles. The monoisotopic (exact) mass is 172 g/mol. The second-order valence-electron chi connectivity index (χ2n) is 3.43. The Balaban J connectivity index is 2.42. The first kappa shape index (κ1) is 9.52. The van der Waals surface area contributed by atoms with E-state index < -0.39 is 5.97 Å². The van der Waals surface area contributed by atoms with Crippen LogP contribution in [-0.4, -0.2) is 24.3 Å². The Hall–Kier alpha value is -0.570. The van der Waals surface area contributed by atoms with Gasteiger partial charge in [-0.1, -0.05) is 6.92 Å². The van der Waals surface area contributed by atoms with Crippen LogP contribution in [0.25, 0.3) is 0 Å². The summed E-state index contributed by atoms with van der Waals surface area (Å²) < 4.78 is 5.26. The molecule has 0 radical (unpaired) electrons. The Bertz CT molecular complexity index is 148. The molecular weight excluding hydrogens is 156 g/mol. The van der Waals surface area contributed by atoms with Crippen LogP contribution in [0.3, 0.4) is 0 Å². The zero-order valence-corrected chi connectivity index (χ0v) is 7.45. The normalized spacial score (nSPS) is 27.6. The van der Waals surface area contributed by atoms with Gasteiger partial charge in [0.2, 0.25) is 0 Å². The quantitative estimate of drug-likeness (QED) is 0.687. The lowest BCUT2D eigenvalue weighted by molar-refractivity contribution is -0.143. The highest BCUT2D eigenvalue weighted by Crippen LogP contribution is 2.23. The van der Waals surface area contributed by atoms with Crippen molar-refractivity contribution in [1.82, 2.24) is 0 Å². The van der Waals surface area contributed by atoms with Gasteiger partial charge in [0.05, 0.1) is 5.92 Å². The standard InChI is InChI=1S/C9H16O3/c1-7(9(10)11)8-3-2-5-12-6-4-8/h7-8H,2-6H2,1H3,(H,10,11)/t7-,8?/m0/s1. The lowest BCUT2D eigenvalue weighted by Crippen LogP contribution is -2.20. The third-order valence-corrected chi connectivity index (χ3v) is 2.59. The Labute approximate surface area is 72.7 Å². The fourth-order valence-corrected chi connectivity index (χ4v) is 1.63. The van der Waals surface area contributed by atoms with Crippen LogP contribution < -0.4 is 0 Å². The number of hydrogen-bond donors (Lipinski definition) is 1. The van der Waals surface area contributed by atoms with Crippen LogP contribution in [-0.2, 0) is 9.53 Å².